The third-order valence-corrected chi connectivity index (χ3v) is 2.99. The van der Waals surface area contributed by atoms with E-state index in [0.29, 0.717) is 17.7 Å². The Labute approximate surface area is 135 Å². The van der Waals surface area contributed by atoms with Crippen LogP contribution >= 0.6 is 0 Å². The number of rotatable bonds is 6. The fourth-order valence-corrected chi connectivity index (χ4v) is 1.80. The number of nitrogens with one attached hydrogen (secondary N) is 1. The summed E-state index contributed by atoms with van der Waals surface area (Å²) in [5.74, 6) is 1.53. The van der Waals surface area contributed by atoms with Crippen LogP contribution in [0, 0.1) is 0 Å². The second-order valence-electron chi connectivity index (χ2n) is 5.46. The first kappa shape index (κ1) is 16.6. The van der Waals surface area contributed by atoms with Gasteiger partial charge in [-0.3, -0.25) is 9.78 Å². The third-order valence-electron chi connectivity index (χ3n) is 2.99. The van der Waals surface area contributed by atoms with Gasteiger partial charge in [0, 0.05) is 40.6 Å². The predicted molar refractivity (Wildman–Crippen MR) is 88.3 cm³/mol. The summed E-state index contributed by atoms with van der Waals surface area (Å²) in [7, 11) is 7.44. The highest BCUT2D eigenvalue weighted by Crippen LogP contribution is 2.10. The molecule has 0 saturated heterocycles. The Hall–Kier alpha value is -2.77. The van der Waals surface area contributed by atoms with Crippen LogP contribution in [0.1, 0.15) is 11.4 Å². The topological polar surface area (TPSA) is 87.1 Å². The number of hydrogen-bond acceptors (Lipinski definition) is 7. The number of anilines is 2. The van der Waals surface area contributed by atoms with E-state index in [1.165, 1.54) is 0 Å². The first-order valence-electron chi connectivity index (χ1n) is 7.21. The zero-order chi connectivity index (χ0) is 16.8. The van der Waals surface area contributed by atoms with Crippen LogP contribution < -0.4 is 15.1 Å². The van der Waals surface area contributed by atoms with Crippen molar-refractivity contribution in [2.45, 2.75) is 13.0 Å². The Balaban J connectivity index is 2.03. The molecule has 1 N–H and O–H groups in total. The van der Waals surface area contributed by atoms with Crippen molar-refractivity contribution in [3.05, 3.63) is 35.9 Å². The molecule has 1 amide bonds. The molecule has 0 unspecified atom stereocenters. The summed E-state index contributed by atoms with van der Waals surface area (Å²) in [6, 6.07) is 3.67. The van der Waals surface area contributed by atoms with Crippen molar-refractivity contribution in [2.24, 2.45) is 0 Å². The van der Waals surface area contributed by atoms with Crippen molar-refractivity contribution in [1.29, 1.82) is 0 Å². The van der Waals surface area contributed by atoms with E-state index in [-0.39, 0.29) is 18.9 Å². The van der Waals surface area contributed by atoms with E-state index in [0.717, 1.165) is 5.56 Å². The molecule has 8 nitrogen and oxygen atoms in total. The lowest BCUT2D eigenvalue weighted by atomic mass is 10.2. The molecule has 122 valence electrons. The molecular formula is C15H21N7O. The normalized spacial score (nSPS) is 10.3. The molecule has 0 radical (unpaired) electrons. The van der Waals surface area contributed by atoms with E-state index < -0.39 is 0 Å². The van der Waals surface area contributed by atoms with Crippen LogP contribution in [-0.4, -0.2) is 54.0 Å². The summed E-state index contributed by atoms with van der Waals surface area (Å²) in [5, 5.41) is 2.82. The predicted octanol–water partition coefficient (Wildman–Crippen LogP) is 0.258. The number of carbonyl (C=O) groups excluding carboxylic acids is 1. The molecular weight excluding hydrogens is 294 g/mol. The first-order valence-corrected chi connectivity index (χ1v) is 7.21. The number of nitrogens with zero attached hydrogens (tertiary/aromatic N) is 6. The van der Waals surface area contributed by atoms with E-state index in [2.05, 4.69) is 25.3 Å². The monoisotopic (exact) mass is 315 g/mol. The number of carbonyl (C=O) groups is 1. The molecule has 0 bridgehead atoms. The first-order chi connectivity index (χ1) is 11.0. The number of pyridine rings is 1. The Morgan fingerprint density at radius 1 is 1.09 bits per heavy atom. The van der Waals surface area contributed by atoms with E-state index in [1.807, 2.05) is 34.3 Å². The second kappa shape index (κ2) is 7.48. The Morgan fingerprint density at radius 3 is 2.26 bits per heavy atom. The molecule has 2 aromatic rings. The van der Waals surface area contributed by atoms with Gasteiger partial charge in [0.15, 0.2) is 5.82 Å². The molecule has 0 aliphatic heterocycles. The van der Waals surface area contributed by atoms with E-state index >= 15 is 0 Å². The average Bonchev–Trinajstić information content (AvgIpc) is 2.53. The molecule has 23 heavy (non-hydrogen) atoms. The lowest BCUT2D eigenvalue weighted by Gasteiger charge is -2.16. The van der Waals surface area contributed by atoms with Gasteiger partial charge in [0.25, 0.3) is 0 Å². The zero-order valence-corrected chi connectivity index (χ0v) is 13.8. The minimum atomic E-state index is -0.101. The van der Waals surface area contributed by atoms with Gasteiger partial charge >= 0.3 is 0 Å². The summed E-state index contributed by atoms with van der Waals surface area (Å²) in [5.41, 5.74) is 0.864. The maximum absolute atomic E-state index is 12.0. The molecule has 0 spiro atoms. The van der Waals surface area contributed by atoms with Gasteiger partial charge < -0.3 is 15.1 Å². The quantitative estimate of drug-likeness (QED) is 0.818. The van der Waals surface area contributed by atoms with Gasteiger partial charge in [0.05, 0.1) is 13.0 Å². The lowest BCUT2D eigenvalue weighted by Crippen LogP contribution is -2.27. The molecule has 0 atom stereocenters. The van der Waals surface area contributed by atoms with Crippen LogP contribution in [0.25, 0.3) is 0 Å². The maximum Gasteiger partial charge on any atom is 0.229 e. The van der Waals surface area contributed by atoms with E-state index in [9.17, 15) is 4.79 Å². The van der Waals surface area contributed by atoms with Gasteiger partial charge in [-0.05, 0) is 11.6 Å². The van der Waals surface area contributed by atoms with Crippen molar-refractivity contribution in [2.75, 3.05) is 38.0 Å². The van der Waals surface area contributed by atoms with Gasteiger partial charge in [-0.1, -0.05) is 6.07 Å². The van der Waals surface area contributed by atoms with Gasteiger partial charge in [-0.25, -0.2) is 0 Å². The highest BCUT2D eigenvalue weighted by molar-refractivity contribution is 5.78. The fourth-order valence-electron chi connectivity index (χ4n) is 1.80. The SMILES string of the molecule is CN(C)c1nc(CNC(=O)Cc2cccnc2)nc(N(C)C)n1. The Kier molecular flexibility index (Phi) is 5.40. The van der Waals surface area contributed by atoms with Crippen LogP contribution in [0.3, 0.4) is 0 Å². The summed E-state index contributed by atoms with van der Waals surface area (Å²) < 4.78 is 0. The van der Waals surface area contributed by atoms with Gasteiger partial charge in [0.2, 0.25) is 17.8 Å². The zero-order valence-electron chi connectivity index (χ0n) is 13.8. The summed E-state index contributed by atoms with van der Waals surface area (Å²) >= 11 is 0. The van der Waals surface area contributed by atoms with Gasteiger partial charge in [0.1, 0.15) is 0 Å². The minimum absolute atomic E-state index is 0.101. The van der Waals surface area contributed by atoms with E-state index in [1.54, 1.807) is 28.3 Å². The van der Waals surface area contributed by atoms with Crippen molar-refractivity contribution < 1.29 is 4.79 Å². The second-order valence-corrected chi connectivity index (χ2v) is 5.46. The molecule has 8 heteroatoms. The van der Waals surface area contributed by atoms with Gasteiger partial charge in [-0.2, -0.15) is 15.0 Å². The van der Waals surface area contributed by atoms with Crippen molar-refractivity contribution in [3.63, 3.8) is 0 Å². The summed E-state index contributed by atoms with van der Waals surface area (Å²) in [6.45, 7) is 0.253. The van der Waals surface area contributed by atoms with Gasteiger partial charge in [-0.15, -0.1) is 0 Å². The molecule has 0 aliphatic carbocycles. The number of hydrogen-bond donors (Lipinski definition) is 1. The van der Waals surface area contributed by atoms with Crippen LogP contribution in [0.15, 0.2) is 24.5 Å². The molecule has 2 aromatic heterocycles. The standard InChI is InChI=1S/C15H21N7O/c1-21(2)14-18-12(19-15(20-14)22(3)4)10-17-13(23)8-11-6-5-7-16-9-11/h5-7,9H,8,10H2,1-4H3,(H,17,23). The molecule has 0 saturated carbocycles. The van der Waals surface area contributed by atoms with E-state index in [4.69, 9.17) is 0 Å². The third kappa shape index (κ3) is 4.87. The van der Waals surface area contributed by atoms with Crippen LogP contribution in [0.5, 0.6) is 0 Å². The Morgan fingerprint density at radius 2 is 1.74 bits per heavy atom. The molecule has 2 rings (SSSR count). The average molecular weight is 315 g/mol. The highest BCUT2D eigenvalue weighted by Gasteiger charge is 2.11. The number of amides is 1. The minimum Gasteiger partial charge on any atom is -0.349 e. The maximum atomic E-state index is 12.0. The molecule has 0 aliphatic rings. The Bertz CT molecular complexity index is 632. The summed E-state index contributed by atoms with van der Waals surface area (Å²) in [6.07, 6.45) is 3.63. The van der Waals surface area contributed by atoms with Crippen LogP contribution in [-0.2, 0) is 17.8 Å². The lowest BCUT2D eigenvalue weighted by molar-refractivity contribution is -0.120. The van der Waals surface area contributed by atoms with Crippen LogP contribution in [0.4, 0.5) is 11.9 Å². The molecule has 0 fully saturated rings. The highest BCUT2D eigenvalue weighted by atomic mass is 16.1. The fraction of sp³-hybridized carbons (Fsp3) is 0.400. The molecule has 0 aromatic carbocycles. The van der Waals surface area contributed by atoms with Crippen LogP contribution in [0.2, 0.25) is 0 Å². The summed E-state index contributed by atoms with van der Waals surface area (Å²) in [4.78, 5) is 32.6. The largest absolute Gasteiger partial charge is 0.349 e. The number of aromatic nitrogens is 4. The van der Waals surface area contributed by atoms with Crippen molar-refractivity contribution in [1.82, 2.24) is 25.3 Å². The smallest absolute Gasteiger partial charge is 0.229 e. The van der Waals surface area contributed by atoms with Crippen molar-refractivity contribution >= 4 is 17.8 Å². The van der Waals surface area contributed by atoms with Crippen molar-refractivity contribution in [3.8, 4) is 0 Å². The molecule has 2 heterocycles.